The van der Waals surface area contributed by atoms with Crippen molar-refractivity contribution >= 4 is 23.4 Å². The van der Waals surface area contributed by atoms with Crippen molar-refractivity contribution in [3.05, 3.63) is 61.3 Å². The van der Waals surface area contributed by atoms with E-state index in [1.54, 1.807) is 0 Å². The van der Waals surface area contributed by atoms with Gasteiger partial charge in [0.1, 0.15) is 0 Å². The minimum atomic E-state index is -4.44. The summed E-state index contributed by atoms with van der Waals surface area (Å²) in [4.78, 5) is 26.6. The molecule has 0 aliphatic carbocycles. The quantitative estimate of drug-likeness (QED) is 0.669. The van der Waals surface area contributed by atoms with Crippen LogP contribution in [0, 0.1) is 0 Å². The molecular formula is C12H8ClF3N2O2S. The number of alkyl halides is 3. The van der Waals surface area contributed by atoms with Crippen molar-refractivity contribution in [3.63, 3.8) is 0 Å². The maximum Gasteiger partial charge on any atom is 0.416 e. The number of rotatable bonds is 3. The second-order valence-corrected chi connectivity index (χ2v) is 5.45. The number of hydrogen-bond donors (Lipinski definition) is 2. The van der Waals surface area contributed by atoms with Crippen molar-refractivity contribution in [1.29, 1.82) is 0 Å². The van der Waals surface area contributed by atoms with Crippen LogP contribution in [0.2, 0.25) is 5.02 Å². The molecule has 0 bridgehead atoms. The van der Waals surface area contributed by atoms with Crippen LogP contribution in [-0.4, -0.2) is 9.97 Å². The topological polar surface area (TPSA) is 65.7 Å². The fraction of sp³-hybridized carbons (Fsp3) is 0.167. The summed E-state index contributed by atoms with van der Waals surface area (Å²) in [6, 6.07) is 3.08. The fourth-order valence-electron chi connectivity index (χ4n) is 1.48. The molecule has 2 N–H and O–H groups in total. The third-order valence-electron chi connectivity index (χ3n) is 2.54. The number of H-pyrrole nitrogens is 2. The smallest absolute Gasteiger partial charge is 0.322 e. The summed E-state index contributed by atoms with van der Waals surface area (Å²) >= 11 is 6.95. The second-order valence-electron chi connectivity index (χ2n) is 4.03. The summed E-state index contributed by atoms with van der Waals surface area (Å²) in [6.45, 7) is 0. The Bertz CT molecular complexity index is 770. The lowest BCUT2D eigenvalue weighted by Gasteiger charge is -2.09. The van der Waals surface area contributed by atoms with Crippen LogP contribution in [0.1, 0.15) is 11.1 Å². The van der Waals surface area contributed by atoms with Gasteiger partial charge < -0.3 is 9.97 Å². The molecule has 1 heterocycles. The van der Waals surface area contributed by atoms with Gasteiger partial charge in [-0.3, -0.25) is 9.59 Å². The summed E-state index contributed by atoms with van der Waals surface area (Å²) in [5.74, 6) is 0.249. The molecule has 2 rings (SSSR count). The van der Waals surface area contributed by atoms with E-state index in [9.17, 15) is 22.8 Å². The summed E-state index contributed by atoms with van der Waals surface area (Å²) in [5, 5.41) is 0.375. The van der Waals surface area contributed by atoms with Gasteiger partial charge in [0.05, 0.1) is 10.6 Å². The first-order valence-corrected chi connectivity index (χ1v) is 6.94. The highest BCUT2D eigenvalue weighted by Crippen LogP contribution is 2.33. The average molecular weight is 337 g/mol. The van der Waals surface area contributed by atoms with Gasteiger partial charge in [-0.25, -0.2) is 0 Å². The van der Waals surface area contributed by atoms with Crippen molar-refractivity contribution in [2.45, 2.75) is 17.0 Å². The Balaban J connectivity index is 2.15. The van der Waals surface area contributed by atoms with Crippen LogP contribution in [0.5, 0.6) is 0 Å². The number of nitrogens with one attached hydrogen (secondary N) is 2. The molecule has 0 aliphatic heterocycles. The lowest BCUT2D eigenvalue weighted by Crippen LogP contribution is -2.28. The van der Waals surface area contributed by atoms with Crippen LogP contribution < -0.4 is 11.1 Å². The molecular weight excluding hydrogens is 329 g/mol. The lowest BCUT2D eigenvalue weighted by molar-refractivity contribution is -0.137. The number of aromatic amines is 2. The molecule has 0 saturated heterocycles. The van der Waals surface area contributed by atoms with Crippen LogP contribution in [-0.2, 0) is 11.9 Å². The van der Waals surface area contributed by atoms with Crippen LogP contribution in [0.15, 0.2) is 39.0 Å². The molecule has 21 heavy (non-hydrogen) atoms. The Morgan fingerprint density at radius 3 is 2.48 bits per heavy atom. The summed E-state index contributed by atoms with van der Waals surface area (Å²) in [7, 11) is 0. The van der Waals surface area contributed by atoms with Crippen LogP contribution in [0.25, 0.3) is 0 Å². The predicted molar refractivity (Wildman–Crippen MR) is 73.7 cm³/mol. The molecule has 0 spiro atoms. The summed E-state index contributed by atoms with van der Waals surface area (Å²) in [6.07, 6.45) is -3.13. The molecule has 0 fully saturated rings. The molecule has 4 nitrogen and oxygen atoms in total. The molecule has 0 unspecified atom stereocenters. The second kappa shape index (κ2) is 5.98. The van der Waals surface area contributed by atoms with Gasteiger partial charge in [0, 0.05) is 17.0 Å². The van der Waals surface area contributed by atoms with E-state index in [0.717, 1.165) is 23.9 Å². The SMILES string of the molecule is O=c1[nH]cc(SCc2ccc(C(F)(F)F)cc2Cl)[nH]c1=O. The van der Waals surface area contributed by atoms with Crippen molar-refractivity contribution in [3.8, 4) is 0 Å². The van der Waals surface area contributed by atoms with E-state index in [4.69, 9.17) is 11.6 Å². The fourth-order valence-corrected chi connectivity index (χ4v) is 2.67. The molecule has 0 atom stereocenters. The van der Waals surface area contributed by atoms with E-state index in [1.807, 2.05) is 0 Å². The van der Waals surface area contributed by atoms with E-state index in [0.29, 0.717) is 10.6 Å². The molecule has 0 aliphatic rings. The van der Waals surface area contributed by atoms with E-state index < -0.39 is 22.9 Å². The number of benzene rings is 1. The highest BCUT2D eigenvalue weighted by molar-refractivity contribution is 7.98. The Morgan fingerprint density at radius 1 is 1.19 bits per heavy atom. The zero-order chi connectivity index (χ0) is 15.6. The van der Waals surface area contributed by atoms with E-state index >= 15 is 0 Å². The Labute approximate surface area is 125 Å². The standard InChI is InChI=1S/C12H8ClF3N2O2S/c13-8-3-7(12(14,15)16)2-1-6(8)5-21-9-4-17-10(19)11(20)18-9/h1-4H,5H2,(H,17,19)(H,18,20). The van der Waals surface area contributed by atoms with Gasteiger partial charge in [-0.05, 0) is 17.7 Å². The molecule has 2 aromatic rings. The van der Waals surface area contributed by atoms with E-state index in [1.165, 1.54) is 12.3 Å². The monoisotopic (exact) mass is 336 g/mol. The van der Waals surface area contributed by atoms with Crippen molar-refractivity contribution in [2.24, 2.45) is 0 Å². The van der Waals surface area contributed by atoms with Crippen LogP contribution in [0.3, 0.4) is 0 Å². The van der Waals surface area contributed by atoms with Gasteiger partial charge in [0.25, 0.3) is 0 Å². The summed E-state index contributed by atoms with van der Waals surface area (Å²) in [5.41, 5.74) is -1.90. The molecule has 0 saturated carbocycles. The number of hydrogen-bond acceptors (Lipinski definition) is 3. The lowest BCUT2D eigenvalue weighted by atomic mass is 10.1. The summed E-state index contributed by atoms with van der Waals surface area (Å²) < 4.78 is 37.5. The highest BCUT2D eigenvalue weighted by atomic mass is 35.5. The van der Waals surface area contributed by atoms with E-state index in [-0.39, 0.29) is 10.8 Å². The van der Waals surface area contributed by atoms with Gasteiger partial charge >= 0.3 is 17.3 Å². The van der Waals surface area contributed by atoms with Crippen LogP contribution >= 0.6 is 23.4 Å². The number of halogens is 4. The van der Waals surface area contributed by atoms with Gasteiger partial charge in [-0.2, -0.15) is 13.2 Å². The molecule has 1 aromatic carbocycles. The molecule has 1 aromatic heterocycles. The average Bonchev–Trinajstić information content (AvgIpc) is 2.40. The number of aromatic nitrogens is 2. The molecule has 112 valence electrons. The molecule has 0 amide bonds. The van der Waals surface area contributed by atoms with Gasteiger partial charge in [-0.1, -0.05) is 17.7 Å². The van der Waals surface area contributed by atoms with E-state index in [2.05, 4.69) is 9.97 Å². The van der Waals surface area contributed by atoms with Crippen molar-refractivity contribution in [2.75, 3.05) is 0 Å². The first kappa shape index (κ1) is 15.7. The normalized spacial score (nSPS) is 11.6. The van der Waals surface area contributed by atoms with Crippen molar-refractivity contribution < 1.29 is 13.2 Å². The largest absolute Gasteiger partial charge is 0.416 e. The van der Waals surface area contributed by atoms with Crippen molar-refractivity contribution in [1.82, 2.24) is 9.97 Å². The Kier molecular flexibility index (Phi) is 4.48. The minimum absolute atomic E-state index is 0.0101. The molecule has 9 heteroatoms. The maximum absolute atomic E-state index is 12.5. The maximum atomic E-state index is 12.5. The van der Waals surface area contributed by atoms with Gasteiger partial charge in [0.2, 0.25) is 0 Å². The minimum Gasteiger partial charge on any atom is -0.322 e. The van der Waals surface area contributed by atoms with Gasteiger partial charge in [-0.15, -0.1) is 11.8 Å². The predicted octanol–water partition coefficient (Wildman–Crippen LogP) is 3.03. The third kappa shape index (κ3) is 3.92. The molecule has 0 radical (unpaired) electrons. The highest BCUT2D eigenvalue weighted by Gasteiger charge is 2.30. The first-order valence-electron chi connectivity index (χ1n) is 5.58. The Morgan fingerprint density at radius 2 is 1.90 bits per heavy atom. The third-order valence-corrected chi connectivity index (χ3v) is 3.88. The Hall–Kier alpha value is -1.67. The number of thioether (sulfide) groups is 1. The zero-order valence-electron chi connectivity index (χ0n) is 10.3. The first-order chi connectivity index (χ1) is 9.77. The van der Waals surface area contributed by atoms with Gasteiger partial charge in [0.15, 0.2) is 0 Å². The van der Waals surface area contributed by atoms with Crippen LogP contribution in [0.4, 0.5) is 13.2 Å². The zero-order valence-corrected chi connectivity index (χ0v) is 11.8.